The minimum atomic E-state index is -0.408. The van der Waals surface area contributed by atoms with Crippen molar-refractivity contribution in [1.82, 2.24) is 15.3 Å². The molecule has 8 heteroatoms. The predicted molar refractivity (Wildman–Crippen MR) is 121 cm³/mol. The van der Waals surface area contributed by atoms with Crippen molar-refractivity contribution in [1.29, 1.82) is 0 Å². The Labute approximate surface area is 188 Å². The first-order chi connectivity index (χ1) is 15.5. The summed E-state index contributed by atoms with van der Waals surface area (Å²) < 4.78 is 11.6. The molecule has 2 aromatic carbocycles. The molecule has 0 spiro atoms. The van der Waals surface area contributed by atoms with E-state index in [9.17, 15) is 9.59 Å². The van der Waals surface area contributed by atoms with E-state index in [2.05, 4.69) is 15.3 Å². The van der Waals surface area contributed by atoms with Crippen molar-refractivity contribution in [3.63, 3.8) is 0 Å². The fraction of sp³-hybridized carbons (Fsp3) is 0.167. The number of aryl methyl sites for hydroxylation is 1. The van der Waals surface area contributed by atoms with Gasteiger partial charge in [-0.3, -0.25) is 19.9 Å². The molecular formula is C24H19N3O4S. The first-order valence-electron chi connectivity index (χ1n) is 10.1. The van der Waals surface area contributed by atoms with E-state index in [4.69, 9.17) is 9.15 Å². The summed E-state index contributed by atoms with van der Waals surface area (Å²) in [6.45, 7) is 2.10. The molecule has 4 aromatic rings. The van der Waals surface area contributed by atoms with Crippen LogP contribution in [0.1, 0.15) is 17.2 Å². The van der Waals surface area contributed by atoms with E-state index < -0.39 is 5.25 Å². The van der Waals surface area contributed by atoms with Gasteiger partial charge in [0.25, 0.3) is 5.24 Å². The Kier molecular flexibility index (Phi) is 5.36. The lowest BCUT2D eigenvalue weighted by atomic mass is 10.1. The lowest BCUT2D eigenvalue weighted by molar-refractivity contribution is -0.118. The number of fused-ring (bicyclic) bond motifs is 1. The molecule has 1 N–H and O–H groups in total. The predicted octanol–water partition coefficient (Wildman–Crippen LogP) is 4.67. The van der Waals surface area contributed by atoms with Gasteiger partial charge in [-0.2, -0.15) is 0 Å². The minimum absolute atomic E-state index is 0.208. The molecule has 1 atom stereocenters. The second-order valence-electron chi connectivity index (χ2n) is 7.45. The van der Waals surface area contributed by atoms with Gasteiger partial charge in [-0.25, -0.2) is 4.98 Å². The number of carbonyl (C=O) groups excluding carboxylic acids is 2. The third-order valence-electron chi connectivity index (χ3n) is 5.15. The van der Waals surface area contributed by atoms with Gasteiger partial charge in [0.2, 0.25) is 11.8 Å². The standard InChI is InChI=1S/C24H19N3O4S/c1-14-22(16-5-3-2-4-6-16)26-21(31-14)13-30-18-8-7-17-9-15(12-25-19(17)11-18)10-20-23(28)27-24(29)32-20/h2-9,11-12,20H,10,13H2,1H3,(H,27,28,29). The van der Waals surface area contributed by atoms with Crippen molar-refractivity contribution < 1.29 is 18.7 Å². The zero-order chi connectivity index (χ0) is 22.1. The molecule has 1 saturated heterocycles. The van der Waals surface area contributed by atoms with Gasteiger partial charge in [-0.05, 0) is 37.1 Å². The van der Waals surface area contributed by atoms with Crippen LogP contribution in [0.5, 0.6) is 5.75 Å². The fourth-order valence-corrected chi connectivity index (χ4v) is 4.47. The monoisotopic (exact) mass is 445 g/mol. The molecule has 0 aliphatic carbocycles. The first-order valence-corrected chi connectivity index (χ1v) is 11.0. The van der Waals surface area contributed by atoms with Crippen molar-refractivity contribution >= 4 is 33.8 Å². The molecule has 1 aliphatic rings. The second kappa shape index (κ2) is 8.47. The normalized spacial score (nSPS) is 15.8. The number of oxazole rings is 1. The largest absolute Gasteiger partial charge is 0.484 e. The number of amides is 2. The number of pyridine rings is 1. The van der Waals surface area contributed by atoms with E-state index in [1.807, 2.05) is 61.5 Å². The summed E-state index contributed by atoms with van der Waals surface area (Å²) in [6.07, 6.45) is 2.18. The summed E-state index contributed by atoms with van der Waals surface area (Å²) in [5.74, 6) is 1.66. The molecule has 0 radical (unpaired) electrons. The topological polar surface area (TPSA) is 94.3 Å². The van der Waals surface area contributed by atoms with E-state index in [1.54, 1.807) is 6.20 Å². The third kappa shape index (κ3) is 4.22. The van der Waals surface area contributed by atoms with Gasteiger partial charge < -0.3 is 9.15 Å². The van der Waals surface area contributed by atoms with Gasteiger partial charge in [0.1, 0.15) is 17.2 Å². The van der Waals surface area contributed by atoms with E-state index in [-0.39, 0.29) is 17.8 Å². The van der Waals surface area contributed by atoms with Gasteiger partial charge >= 0.3 is 0 Å². The number of imide groups is 1. The van der Waals surface area contributed by atoms with Gasteiger partial charge in [-0.15, -0.1) is 0 Å². The highest BCUT2D eigenvalue weighted by Crippen LogP contribution is 2.27. The van der Waals surface area contributed by atoms with E-state index >= 15 is 0 Å². The fourth-order valence-electron chi connectivity index (χ4n) is 3.61. The number of carbonyl (C=O) groups is 2. The van der Waals surface area contributed by atoms with E-state index in [0.717, 1.165) is 45.2 Å². The van der Waals surface area contributed by atoms with Crippen molar-refractivity contribution in [2.24, 2.45) is 0 Å². The third-order valence-corrected chi connectivity index (χ3v) is 6.13. The summed E-state index contributed by atoms with van der Waals surface area (Å²) in [6, 6.07) is 17.5. The maximum atomic E-state index is 11.8. The summed E-state index contributed by atoms with van der Waals surface area (Å²) in [7, 11) is 0. The average Bonchev–Trinajstić information content (AvgIpc) is 3.33. The molecule has 3 heterocycles. The number of thioether (sulfide) groups is 1. The molecule has 1 aliphatic heterocycles. The van der Waals surface area contributed by atoms with Crippen molar-refractivity contribution in [2.75, 3.05) is 0 Å². The molecule has 5 rings (SSSR count). The Balaban J connectivity index is 1.27. The summed E-state index contributed by atoms with van der Waals surface area (Å²) in [5.41, 5.74) is 3.49. The highest BCUT2D eigenvalue weighted by Gasteiger charge is 2.31. The van der Waals surface area contributed by atoms with Crippen LogP contribution in [0.3, 0.4) is 0 Å². The Hall–Kier alpha value is -3.65. The molecule has 0 saturated carbocycles. The number of hydrogen-bond acceptors (Lipinski definition) is 7. The highest BCUT2D eigenvalue weighted by molar-refractivity contribution is 8.15. The molecule has 1 fully saturated rings. The van der Waals surface area contributed by atoms with Gasteiger partial charge in [0.15, 0.2) is 6.61 Å². The van der Waals surface area contributed by atoms with Gasteiger partial charge in [0.05, 0.1) is 10.8 Å². The molecule has 2 amide bonds. The number of hydrogen-bond donors (Lipinski definition) is 1. The molecule has 32 heavy (non-hydrogen) atoms. The van der Waals surface area contributed by atoms with Crippen LogP contribution in [0.15, 0.2) is 65.2 Å². The lowest BCUT2D eigenvalue weighted by Crippen LogP contribution is -2.25. The number of nitrogens with zero attached hydrogens (tertiary/aromatic N) is 2. The van der Waals surface area contributed by atoms with Crippen LogP contribution < -0.4 is 10.1 Å². The Morgan fingerprint density at radius 2 is 1.97 bits per heavy atom. The number of ether oxygens (including phenoxy) is 1. The molecule has 160 valence electrons. The zero-order valence-electron chi connectivity index (χ0n) is 17.2. The van der Waals surface area contributed by atoms with Crippen LogP contribution in [0, 0.1) is 6.92 Å². The second-order valence-corrected chi connectivity index (χ2v) is 8.63. The van der Waals surface area contributed by atoms with Crippen LogP contribution >= 0.6 is 11.8 Å². The van der Waals surface area contributed by atoms with Crippen LogP contribution in [-0.2, 0) is 17.8 Å². The summed E-state index contributed by atoms with van der Waals surface area (Å²) in [4.78, 5) is 32.2. The number of nitrogens with one attached hydrogen (secondary N) is 1. The van der Waals surface area contributed by atoms with Gasteiger partial charge in [0, 0.05) is 23.2 Å². The quantitative estimate of drug-likeness (QED) is 0.461. The molecule has 1 unspecified atom stereocenters. The number of aromatic nitrogens is 2. The van der Waals surface area contributed by atoms with E-state index in [0.29, 0.717) is 18.1 Å². The SMILES string of the molecule is Cc1oc(COc2ccc3cc(CC4SC(=O)NC4=O)cnc3c2)nc1-c1ccccc1. The first kappa shape index (κ1) is 20.3. The van der Waals surface area contributed by atoms with Crippen LogP contribution in [0.2, 0.25) is 0 Å². The van der Waals surface area contributed by atoms with Crippen molar-refractivity contribution in [2.45, 2.75) is 25.2 Å². The van der Waals surface area contributed by atoms with Crippen molar-refractivity contribution in [3.05, 3.63) is 78.0 Å². The molecule has 0 bridgehead atoms. The molecule has 2 aromatic heterocycles. The Morgan fingerprint density at radius 3 is 2.75 bits per heavy atom. The van der Waals surface area contributed by atoms with Crippen LogP contribution in [-0.4, -0.2) is 26.4 Å². The average molecular weight is 446 g/mol. The minimum Gasteiger partial charge on any atom is -0.484 e. The lowest BCUT2D eigenvalue weighted by Gasteiger charge is -2.08. The zero-order valence-corrected chi connectivity index (χ0v) is 18.0. The maximum Gasteiger partial charge on any atom is 0.286 e. The van der Waals surface area contributed by atoms with Crippen LogP contribution in [0.25, 0.3) is 22.2 Å². The summed E-state index contributed by atoms with van der Waals surface area (Å²) >= 11 is 1.02. The number of rotatable bonds is 6. The molecule has 7 nitrogen and oxygen atoms in total. The highest BCUT2D eigenvalue weighted by atomic mass is 32.2. The van der Waals surface area contributed by atoms with Gasteiger partial charge in [-0.1, -0.05) is 42.1 Å². The van der Waals surface area contributed by atoms with Crippen molar-refractivity contribution in [3.8, 4) is 17.0 Å². The molecular weight excluding hydrogens is 426 g/mol. The van der Waals surface area contributed by atoms with E-state index in [1.165, 1.54) is 0 Å². The smallest absolute Gasteiger partial charge is 0.286 e. The maximum absolute atomic E-state index is 11.8. The Bertz CT molecular complexity index is 1320. The number of benzene rings is 2. The Morgan fingerprint density at radius 1 is 1.12 bits per heavy atom. The summed E-state index contributed by atoms with van der Waals surface area (Å²) in [5, 5.41) is 2.54. The van der Waals surface area contributed by atoms with Crippen LogP contribution in [0.4, 0.5) is 4.79 Å².